The molecule has 2 heterocycles. The van der Waals surface area contributed by atoms with E-state index >= 15 is 0 Å². The van der Waals surface area contributed by atoms with Crippen molar-refractivity contribution in [1.29, 1.82) is 0 Å². The molecule has 2 aliphatic rings. The Kier molecular flexibility index (Phi) is 6.00. The summed E-state index contributed by atoms with van der Waals surface area (Å²) in [6.45, 7) is 0.323. The number of urea groups is 1. The van der Waals surface area contributed by atoms with Gasteiger partial charge in [0.15, 0.2) is 0 Å². The van der Waals surface area contributed by atoms with E-state index in [1.165, 1.54) is 0 Å². The van der Waals surface area contributed by atoms with E-state index in [0.29, 0.717) is 25.1 Å². The zero-order valence-corrected chi connectivity index (χ0v) is 15.9. The standard InChI is InChI=1S/C18H22N4O4S/c1-27-9-7-14-17(25)22(18(26)20-14)11-15(23)19-12-4-2-5-13(10-12)21-8-3-6-16(21)24/h2,4-5,10,14H,3,6-9,11H2,1H3,(H,19,23)(H,20,26). The fraction of sp³-hybridized carbons (Fsp3) is 0.444. The summed E-state index contributed by atoms with van der Waals surface area (Å²) in [6, 6.07) is 5.87. The summed E-state index contributed by atoms with van der Waals surface area (Å²) >= 11 is 1.59. The minimum atomic E-state index is -0.567. The van der Waals surface area contributed by atoms with Crippen LogP contribution < -0.4 is 15.5 Å². The third-order valence-corrected chi connectivity index (χ3v) is 5.18. The van der Waals surface area contributed by atoms with Crippen molar-refractivity contribution in [1.82, 2.24) is 10.2 Å². The number of carbonyl (C=O) groups excluding carboxylic acids is 4. The minimum absolute atomic E-state index is 0.0640. The summed E-state index contributed by atoms with van der Waals surface area (Å²) in [5.74, 6) is -0.0257. The predicted octanol–water partition coefficient (Wildman–Crippen LogP) is 1.43. The topological polar surface area (TPSA) is 98.8 Å². The van der Waals surface area contributed by atoms with Crippen molar-refractivity contribution >= 4 is 46.9 Å². The molecule has 2 fully saturated rings. The van der Waals surface area contributed by atoms with Crippen molar-refractivity contribution < 1.29 is 19.2 Å². The first-order valence-corrected chi connectivity index (χ1v) is 10.2. The van der Waals surface area contributed by atoms with Gasteiger partial charge in [-0.25, -0.2) is 4.79 Å². The Morgan fingerprint density at radius 2 is 2.15 bits per heavy atom. The molecule has 8 nitrogen and oxygen atoms in total. The number of thioether (sulfide) groups is 1. The van der Waals surface area contributed by atoms with Crippen LogP contribution in [-0.2, 0) is 14.4 Å². The van der Waals surface area contributed by atoms with Crippen LogP contribution in [0, 0.1) is 0 Å². The van der Waals surface area contributed by atoms with E-state index in [2.05, 4.69) is 10.6 Å². The smallest absolute Gasteiger partial charge is 0.325 e. The molecule has 0 aromatic heterocycles. The molecule has 3 rings (SSSR count). The Hall–Kier alpha value is -2.55. The lowest BCUT2D eigenvalue weighted by Crippen LogP contribution is -2.38. The summed E-state index contributed by atoms with van der Waals surface area (Å²) in [7, 11) is 0. The number of nitrogens with one attached hydrogen (secondary N) is 2. The third kappa shape index (κ3) is 4.41. The molecule has 27 heavy (non-hydrogen) atoms. The predicted molar refractivity (Wildman–Crippen MR) is 104 cm³/mol. The molecule has 0 radical (unpaired) electrons. The monoisotopic (exact) mass is 390 g/mol. The van der Waals surface area contributed by atoms with Crippen molar-refractivity contribution in [2.24, 2.45) is 0 Å². The Morgan fingerprint density at radius 3 is 2.85 bits per heavy atom. The maximum absolute atomic E-state index is 12.3. The Bertz CT molecular complexity index is 769. The van der Waals surface area contributed by atoms with Crippen LogP contribution in [0.3, 0.4) is 0 Å². The minimum Gasteiger partial charge on any atom is -0.326 e. The molecule has 1 aromatic rings. The number of hydrogen-bond donors (Lipinski definition) is 2. The lowest BCUT2D eigenvalue weighted by atomic mass is 10.2. The average Bonchev–Trinajstić information content (AvgIpc) is 3.18. The first kappa shape index (κ1) is 19.2. The van der Waals surface area contributed by atoms with Gasteiger partial charge in [0.2, 0.25) is 11.8 Å². The number of nitrogens with zero attached hydrogens (tertiary/aromatic N) is 2. The van der Waals surface area contributed by atoms with Crippen LogP contribution >= 0.6 is 11.8 Å². The Morgan fingerprint density at radius 1 is 1.33 bits per heavy atom. The van der Waals surface area contributed by atoms with Crippen molar-refractivity contribution in [3.05, 3.63) is 24.3 Å². The van der Waals surface area contributed by atoms with Crippen LogP contribution in [0.4, 0.5) is 16.2 Å². The fourth-order valence-corrected chi connectivity index (χ4v) is 3.65. The van der Waals surface area contributed by atoms with E-state index in [-0.39, 0.29) is 18.4 Å². The van der Waals surface area contributed by atoms with Crippen LogP contribution in [0.1, 0.15) is 19.3 Å². The van der Waals surface area contributed by atoms with Crippen LogP contribution in [0.2, 0.25) is 0 Å². The molecule has 2 aliphatic heterocycles. The zero-order chi connectivity index (χ0) is 19.4. The molecule has 0 bridgehead atoms. The summed E-state index contributed by atoms with van der Waals surface area (Å²) in [5, 5.41) is 5.30. The highest BCUT2D eigenvalue weighted by atomic mass is 32.2. The molecule has 144 valence electrons. The first-order valence-electron chi connectivity index (χ1n) is 8.80. The van der Waals surface area contributed by atoms with Gasteiger partial charge >= 0.3 is 6.03 Å². The first-order chi connectivity index (χ1) is 13.0. The van der Waals surface area contributed by atoms with Gasteiger partial charge in [-0.05, 0) is 43.0 Å². The van der Waals surface area contributed by atoms with E-state index in [9.17, 15) is 19.2 Å². The fourth-order valence-electron chi connectivity index (χ4n) is 3.17. The second-order valence-electron chi connectivity index (χ2n) is 6.46. The van der Waals surface area contributed by atoms with Crippen LogP contribution in [0.5, 0.6) is 0 Å². The lowest BCUT2D eigenvalue weighted by molar-refractivity contribution is -0.130. The molecular formula is C18H22N4O4S. The SMILES string of the molecule is CSCCC1NC(=O)N(CC(=O)Nc2cccc(N3CCCC3=O)c2)C1=O. The van der Waals surface area contributed by atoms with Crippen molar-refractivity contribution in [3.63, 3.8) is 0 Å². The maximum atomic E-state index is 12.3. The van der Waals surface area contributed by atoms with Gasteiger partial charge in [-0.1, -0.05) is 6.07 Å². The molecule has 1 atom stereocenters. The molecule has 0 saturated carbocycles. The summed E-state index contributed by atoms with van der Waals surface area (Å²) < 4.78 is 0. The van der Waals surface area contributed by atoms with E-state index in [1.807, 2.05) is 12.3 Å². The highest BCUT2D eigenvalue weighted by molar-refractivity contribution is 7.98. The summed E-state index contributed by atoms with van der Waals surface area (Å²) in [5.41, 5.74) is 1.24. The summed E-state index contributed by atoms with van der Waals surface area (Å²) in [4.78, 5) is 51.1. The van der Waals surface area contributed by atoms with Crippen LogP contribution in [0.15, 0.2) is 24.3 Å². The Balaban J connectivity index is 1.60. The molecule has 0 spiro atoms. The molecular weight excluding hydrogens is 368 g/mol. The molecule has 1 unspecified atom stereocenters. The van der Waals surface area contributed by atoms with Gasteiger partial charge in [0.05, 0.1) is 0 Å². The van der Waals surface area contributed by atoms with E-state index in [0.717, 1.165) is 22.8 Å². The van der Waals surface area contributed by atoms with E-state index in [4.69, 9.17) is 0 Å². The Labute approximate surface area is 161 Å². The highest BCUT2D eigenvalue weighted by Gasteiger charge is 2.38. The van der Waals surface area contributed by atoms with Gasteiger partial charge in [-0.3, -0.25) is 19.3 Å². The second-order valence-corrected chi connectivity index (χ2v) is 7.44. The van der Waals surface area contributed by atoms with Gasteiger partial charge in [-0.15, -0.1) is 0 Å². The number of hydrogen-bond acceptors (Lipinski definition) is 5. The number of carbonyl (C=O) groups is 4. The van der Waals surface area contributed by atoms with Gasteiger partial charge in [-0.2, -0.15) is 11.8 Å². The number of benzene rings is 1. The van der Waals surface area contributed by atoms with Gasteiger partial charge in [0.1, 0.15) is 12.6 Å². The largest absolute Gasteiger partial charge is 0.326 e. The zero-order valence-electron chi connectivity index (χ0n) is 15.1. The molecule has 2 N–H and O–H groups in total. The number of imide groups is 1. The molecule has 9 heteroatoms. The van der Waals surface area contributed by atoms with Gasteiger partial charge in [0, 0.05) is 24.3 Å². The van der Waals surface area contributed by atoms with Crippen molar-refractivity contribution in [2.45, 2.75) is 25.3 Å². The average molecular weight is 390 g/mol. The molecule has 1 aromatic carbocycles. The number of anilines is 2. The van der Waals surface area contributed by atoms with Crippen molar-refractivity contribution in [3.8, 4) is 0 Å². The molecule has 0 aliphatic carbocycles. The number of amides is 5. The highest BCUT2D eigenvalue weighted by Crippen LogP contribution is 2.24. The van der Waals surface area contributed by atoms with E-state index < -0.39 is 18.0 Å². The second kappa shape index (κ2) is 8.43. The molecule has 2 saturated heterocycles. The van der Waals surface area contributed by atoms with Gasteiger partial charge in [0.25, 0.3) is 5.91 Å². The third-order valence-electron chi connectivity index (χ3n) is 4.53. The number of rotatable bonds is 7. The normalized spacial score (nSPS) is 19.6. The summed E-state index contributed by atoms with van der Waals surface area (Å²) in [6.07, 6.45) is 3.81. The quantitative estimate of drug-likeness (QED) is 0.686. The molecule has 5 amide bonds. The van der Waals surface area contributed by atoms with Crippen LogP contribution in [-0.4, -0.2) is 59.8 Å². The maximum Gasteiger partial charge on any atom is 0.325 e. The van der Waals surface area contributed by atoms with Crippen LogP contribution in [0.25, 0.3) is 0 Å². The van der Waals surface area contributed by atoms with Gasteiger partial charge < -0.3 is 15.5 Å². The van der Waals surface area contributed by atoms with E-state index in [1.54, 1.807) is 34.9 Å². The lowest BCUT2D eigenvalue weighted by Gasteiger charge is -2.17. The van der Waals surface area contributed by atoms with Crippen molar-refractivity contribution in [2.75, 3.05) is 35.3 Å².